The van der Waals surface area contributed by atoms with E-state index < -0.39 is 0 Å². The minimum absolute atomic E-state index is 0.198. The molecular weight excluding hydrogens is 148 g/mol. The van der Waals surface area contributed by atoms with Crippen LogP contribution in [0.1, 0.15) is 26.2 Å². The molecule has 0 rings (SSSR count). The van der Waals surface area contributed by atoms with E-state index in [4.69, 9.17) is 0 Å². The number of carbonyl (C=O) groups excluding carboxylic acids is 2. The Hall–Kier alpha value is -0.310. The Morgan fingerprint density at radius 1 is 1.60 bits per heavy atom. The number of unbranched alkanes of at least 4 members (excludes halogenated alkanes) is 1. The average molecular weight is 160 g/mol. The van der Waals surface area contributed by atoms with Crippen molar-refractivity contribution in [3.63, 3.8) is 0 Å². The summed E-state index contributed by atoms with van der Waals surface area (Å²) < 4.78 is 0. The first-order chi connectivity index (χ1) is 4.81. The van der Waals surface area contributed by atoms with Crippen LogP contribution in [0.2, 0.25) is 0 Å². The maximum absolute atomic E-state index is 10.8. The molecule has 0 unspecified atom stereocenters. The van der Waals surface area contributed by atoms with Gasteiger partial charge in [0.25, 0.3) is 0 Å². The molecule has 3 heteroatoms. The number of rotatable bonds is 5. The summed E-state index contributed by atoms with van der Waals surface area (Å²) >= 11 is 1.33. The van der Waals surface area contributed by atoms with Crippen molar-refractivity contribution >= 4 is 23.2 Å². The number of hydrogen-bond acceptors (Lipinski definition) is 3. The van der Waals surface area contributed by atoms with Gasteiger partial charge in [-0.1, -0.05) is 18.7 Å². The molecule has 0 radical (unpaired) electrons. The van der Waals surface area contributed by atoms with Crippen LogP contribution in [0.5, 0.6) is 0 Å². The molecule has 0 aliphatic rings. The molecular formula is C7H12O2S. The lowest BCUT2D eigenvalue weighted by Crippen LogP contribution is -1.91. The first-order valence-corrected chi connectivity index (χ1v) is 4.39. The lowest BCUT2D eigenvalue weighted by Gasteiger charge is -1.93. The van der Waals surface area contributed by atoms with Crippen LogP contribution in [0.25, 0.3) is 0 Å². The van der Waals surface area contributed by atoms with E-state index in [0.717, 1.165) is 12.0 Å². The Bertz CT molecular complexity index is 112. The van der Waals surface area contributed by atoms with Crippen molar-refractivity contribution in [1.29, 1.82) is 0 Å². The fourth-order valence-electron chi connectivity index (χ4n) is 0.563. The predicted molar refractivity (Wildman–Crippen MR) is 43.1 cm³/mol. The lowest BCUT2D eigenvalue weighted by molar-refractivity contribution is -0.111. The Kier molecular flexibility index (Phi) is 6.59. The molecule has 0 bridgehead atoms. The van der Waals surface area contributed by atoms with E-state index in [9.17, 15) is 9.59 Å². The zero-order chi connectivity index (χ0) is 7.82. The Balaban J connectivity index is 3.13. The van der Waals surface area contributed by atoms with Gasteiger partial charge in [-0.3, -0.25) is 4.79 Å². The maximum Gasteiger partial charge on any atom is 0.188 e. The van der Waals surface area contributed by atoms with Crippen LogP contribution < -0.4 is 0 Å². The largest absolute Gasteiger partial charge is 0.303 e. The van der Waals surface area contributed by atoms with Crippen LogP contribution in [-0.2, 0) is 9.59 Å². The third-order valence-corrected chi connectivity index (χ3v) is 1.82. The summed E-state index contributed by atoms with van der Waals surface area (Å²) in [5.74, 6) is 0.833. The number of hydrogen-bond donors (Lipinski definition) is 0. The van der Waals surface area contributed by atoms with Gasteiger partial charge < -0.3 is 4.79 Å². The molecule has 0 fully saturated rings. The summed E-state index contributed by atoms with van der Waals surface area (Å²) in [6.07, 6.45) is 2.60. The van der Waals surface area contributed by atoms with Gasteiger partial charge in [0.15, 0.2) is 5.12 Å². The summed E-state index contributed by atoms with van der Waals surface area (Å²) in [5.41, 5.74) is 0. The predicted octanol–water partition coefficient (Wildman–Crippen LogP) is 1.64. The fraction of sp³-hybridized carbons (Fsp3) is 0.714. The molecule has 0 aromatic heterocycles. The van der Waals surface area contributed by atoms with Crippen molar-refractivity contribution in [1.82, 2.24) is 0 Å². The average Bonchev–Trinajstić information content (AvgIpc) is 1.89. The second-order valence-corrected chi connectivity index (χ2v) is 3.19. The molecule has 0 spiro atoms. The highest BCUT2D eigenvalue weighted by molar-refractivity contribution is 8.13. The standard InChI is InChI=1S/C7H12O2S/c1-2-10-7(9)5-3-4-6-8/h6H,2-5H2,1H3. The van der Waals surface area contributed by atoms with Crippen LogP contribution in [0.4, 0.5) is 0 Å². The molecule has 0 atom stereocenters. The van der Waals surface area contributed by atoms with E-state index in [2.05, 4.69) is 0 Å². The molecule has 0 saturated carbocycles. The Morgan fingerprint density at radius 2 is 2.30 bits per heavy atom. The molecule has 0 aliphatic heterocycles. The molecule has 10 heavy (non-hydrogen) atoms. The molecule has 0 aromatic rings. The molecule has 0 amide bonds. The quantitative estimate of drug-likeness (QED) is 0.453. The van der Waals surface area contributed by atoms with Crippen molar-refractivity contribution in [2.75, 3.05) is 5.75 Å². The van der Waals surface area contributed by atoms with E-state index in [1.807, 2.05) is 6.92 Å². The normalized spacial score (nSPS) is 9.30. The van der Waals surface area contributed by atoms with Gasteiger partial charge >= 0.3 is 0 Å². The number of carbonyl (C=O) groups is 2. The van der Waals surface area contributed by atoms with E-state index >= 15 is 0 Å². The zero-order valence-corrected chi connectivity index (χ0v) is 6.95. The van der Waals surface area contributed by atoms with E-state index in [1.165, 1.54) is 11.8 Å². The van der Waals surface area contributed by atoms with Crippen LogP contribution in [-0.4, -0.2) is 17.2 Å². The summed E-state index contributed by atoms with van der Waals surface area (Å²) in [6.45, 7) is 1.95. The summed E-state index contributed by atoms with van der Waals surface area (Å²) in [4.78, 5) is 20.6. The van der Waals surface area contributed by atoms with Gasteiger partial charge in [0.2, 0.25) is 0 Å². The maximum atomic E-state index is 10.8. The van der Waals surface area contributed by atoms with E-state index in [0.29, 0.717) is 19.3 Å². The van der Waals surface area contributed by atoms with Crippen molar-refractivity contribution in [3.8, 4) is 0 Å². The van der Waals surface area contributed by atoms with Gasteiger partial charge in [0, 0.05) is 12.8 Å². The van der Waals surface area contributed by atoms with E-state index in [-0.39, 0.29) is 5.12 Å². The molecule has 0 saturated heterocycles. The van der Waals surface area contributed by atoms with Crippen molar-refractivity contribution in [3.05, 3.63) is 0 Å². The van der Waals surface area contributed by atoms with Crippen LogP contribution >= 0.6 is 11.8 Å². The van der Waals surface area contributed by atoms with Crippen LogP contribution in [0.15, 0.2) is 0 Å². The summed E-state index contributed by atoms with van der Waals surface area (Å²) in [6, 6.07) is 0. The number of aldehydes is 1. The minimum atomic E-state index is 0.198. The Labute approximate surface area is 65.4 Å². The van der Waals surface area contributed by atoms with Crippen molar-refractivity contribution in [2.45, 2.75) is 26.2 Å². The first kappa shape index (κ1) is 9.69. The van der Waals surface area contributed by atoms with Gasteiger partial charge in [0.05, 0.1) is 0 Å². The van der Waals surface area contributed by atoms with Crippen LogP contribution in [0, 0.1) is 0 Å². The van der Waals surface area contributed by atoms with Gasteiger partial charge in [-0.2, -0.15) is 0 Å². The van der Waals surface area contributed by atoms with Crippen LogP contribution in [0.3, 0.4) is 0 Å². The molecule has 0 N–H and O–H groups in total. The minimum Gasteiger partial charge on any atom is -0.303 e. The first-order valence-electron chi connectivity index (χ1n) is 3.40. The van der Waals surface area contributed by atoms with Gasteiger partial charge in [-0.25, -0.2) is 0 Å². The second-order valence-electron chi connectivity index (χ2n) is 1.86. The molecule has 0 aliphatic carbocycles. The van der Waals surface area contributed by atoms with Gasteiger partial charge in [-0.15, -0.1) is 0 Å². The fourth-order valence-corrected chi connectivity index (χ4v) is 1.17. The highest BCUT2D eigenvalue weighted by Gasteiger charge is 1.98. The Morgan fingerprint density at radius 3 is 2.80 bits per heavy atom. The zero-order valence-electron chi connectivity index (χ0n) is 6.13. The van der Waals surface area contributed by atoms with Gasteiger partial charge in [0.1, 0.15) is 6.29 Å². The second kappa shape index (κ2) is 6.81. The number of thioether (sulfide) groups is 1. The lowest BCUT2D eigenvalue weighted by atomic mass is 10.3. The third kappa shape index (κ3) is 5.82. The van der Waals surface area contributed by atoms with Crippen molar-refractivity contribution in [2.24, 2.45) is 0 Å². The SMILES string of the molecule is CCSC(=O)CCCC=O. The monoisotopic (exact) mass is 160 g/mol. The molecule has 2 nitrogen and oxygen atoms in total. The highest BCUT2D eigenvalue weighted by Crippen LogP contribution is 2.06. The summed E-state index contributed by atoms with van der Waals surface area (Å²) in [7, 11) is 0. The van der Waals surface area contributed by atoms with Gasteiger partial charge in [-0.05, 0) is 12.2 Å². The molecule has 0 heterocycles. The molecule has 58 valence electrons. The van der Waals surface area contributed by atoms with E-state index in [1.54, 1.807) is 0 Å². The third-order valence-electron chi connectivity index (χ3n) is 1.01. The smallest absolute Gasteiger partial charge is 0.188 e. The topological polar surface area (TPSA) is 34.1 Å². The highest BCUT2D eigenvalue weighted by atomic mass is 32.2. The summed E-state index contributed by atoms with van der Waals surface area (Å²) in [5, 5.41) is 0.198. The van der Waals surface area contributed by atoms with Crippen molar-refractivity contribution < 1.29 is 9.59 Å². The molecule has 0 aromatic carbocycles.